The molecular formula is C10H16F3NO. The van der Waals surface area contributed by atoms with Crippen molar-refractivity contribution in [3.8, 4) is 0 Å². The van der Waals surface area contributed by atoms with Crippen molar-refractivity contribution in [2.45, 2.75) is 50.0 Å². The van der Waals surface area contributed by atoms with E-state index < -0.39 is 17.9 Å². The molecule has 1 N–H and O–H groups in total. The van der Waals surface area contributed by atoms with Crippen LogP contribution < -0.4 is 5.32 Å². The fourth-order valence-electron chi connectivity index (χ4n) is 2.49. The Morgan fingerprint density at radius 1 is 1.13 bits per heavy atom. The first-order valence-corrected chi connectivity index (χ1v) is 5.47. The van der Waals surface area contributed by atoms with E-state index in [1.54, 1.807) is 0 Å². The molecule has 1 unspecified atom stereocenters. The van der Waals surface area contributed by atoms with Gasteiger partial charge >= 0.3 is 6.18 Å². The zero-order valence-corrected chi connectivity index (χ0v) is 8.57. The van der Waals surface area contributed by atoms with Gasteiger partial charge in [-0.25, -0.2) is 0 Å². The maximum atomic E-state index is 12.5. The number of nitrogens with one attached hydrogen (secondary N) is 1. The summed E-state index contributed by atoms with van der Waals surface area (Å²) in [4.78, 5) is 0. The number of halogens is 3. The van der Waals surface area contributed by atoms with Gasteiger partial charge in [0.1, 0.15) is 0 Å². The van der Waals surface area contributed by atoms with Crippen LogP contribution in [-0.4, -0.2) is 31.0 Å². The minimum Gasteiger partial charge on any atom is -0.360 e. The first kappa shape index (κ1) is 11.2. The highest BCUT2D eigenvalue weighted by Crippen LogP contribution is 2.37. The molecule has 1 saturated heterocycles. The van der Waals surface area contributed by atoms with Crippen LogP contribution in [0.5, 0.6) is 0 Å². The smallest absolute Gasteiger partial charge is 0.360 e. The Kier molecular flexibility index (Phi) is 2.94. The van der Waals surface area contributed by atoms with Gasteiger partial charge in [0, 0.05) is 13.1 Å². The number of hydrogen-bond donors (Lipinski definition) is 1. The molecule has 5 heteroatoms. The topological polar surface area (TPSA) is 21.3 Å². The summed E-state index contributed by atoms with van der Waals surface area (Å²) in [6.07, 6.45) is -1.28. The van der Waals surface area contributed by atoms with Crippen molar-refractivity contribution in [3.63, 3.8) is 0 Å². The summed E-state index contributed by atoms with van der Waals surface area (Å²) < 4.78 is 42.8. The van der Waals surface area contributed by atoms with Crippen LogP contribution in [0.15, 0.2) is 0 Å². The Bertz CT molecular complexity index is 218. The first-order chi connectivity index (χ1) is 7.02. The molecule has 1 saturated carbocycles. The van der Waals surface area contributed by atoms with E-state index in [4.69, 9.17) is 4.74 Å². The second-order valence-corrected chi connectivity index (χ2v) is 4.52. The van der Waals surface area contributed by atoms with E-state index in [-0.39, 0.29) is 6.54 Å². The Hall–Kier alpha value is -0.290. The molecule has 1 heterocycles. The molecule has 0 aromatic rings. The molecule has 2 rings (SSSR count). The fourth-order valence-corrected chi connectivity index (χ4v) is 2.49. The van der Waals surface area contributed by atoms with Gasteiger partial charge in [0.05, 0.1) is 5.60 Å². The highest BCUT2D eigenvalue weighted by atomic mass is 19.4. The molecule has 1 spiro atoms. The first-order valence-electron chi connectivity index (χ1n) is 5.47. The lowest BCUT2D eigenvalue weighted by atomic mass is 9.83. The molecule has 15 heavy (non-hydrogen) atoms. The SMILES string of the molecule is FC(F)(F)C1CNCC2(CCCCC2)O1. The van der Waals surface area contributed by atoms with Gasteiger partial charge in [-0.1, -0.05) is 19.3 Å². The Morgan fingerprint density at radius 3 is 2.40 bits per heavy atom. The van der Waals surface area contributed by atoms with Crippen LogP contribution in [-0.2, 0) is 4.74 Å². The third kappa shape index (κ3) is 2.45. The highest BCUT2D eigenvalue weighted by molar-refractivity contribution is 4.93. The molecule has 2 fully saturated rings. The predicted molar refractivity (Wildman–Crippen MR) is 49.6 cm³/mol. The average Bonchev–Trinajstić information content (AvgIpc) is 2.18. The zero-order chi connectivity index (χ0) is 10.9. The summed E-state index contributed by atoms with van der Waals surface area (Å²) in [5.74, 6) is 0. The lowest BCUT2D eigenvalue weighted by Gasteiger charge is -2.44. The summed E-state index contributed by atoms with van der Waals surface area (Å²) in [7, 11) is 0. The molecule has 2 aliphatic rings. The number of rotatable bonds is 0. The van der Waals surface area contributed by atoms with Crippen molar-refractivity contribution in [1.82, 2.24) is 5.32 Å². The number of alkyl halides is 3. The number of morpholine rings is 1. The second-order valence-electron chi connectivity index (χ2n) is 4.52. The summed E-state index contributed by atoms with van der Waals surface area (Å²) in [5.41, 5.74) is -0.545. The summed E-state index contributed by atoms with van der Waals surface area (Å²) in [5, 5.41) is 2.86. The van der Waals surface area contributed by atoms with Crippen LogP contribution in [0.4, 0.5) is 13.2 Å². The maximum absolute atomic E-state index is 12.5. The Morgan fingerprint density at radius 2 is 1.80 bits per heavy atom. The van der Waals surface area contributed by atoms with Crippen molar-refractivity contribution in [2.24, 2.45) is 0 Å². The van der Waals surface area contributed by atoms with Gasteiger partial charge in [-0.15, -0.1) is 0 Å². The van der Waals surface area contributed by atoms with E-state index in [9.17, 15) is 13.2 Å². The van der Waals surface area contributed by atoms with Crippen molar-refractivity contribution in [2.75, 3.05) is 13.1 Å². The van der Waals surface area contributed by atoms with E-state index in [0.717, 1.165) is 32.1 Å². The largest absolute Gasteiger partial charge is 0.415 e. The van der Waals surface area contributed by atoms with Crippen LogP contribution in [0.3, 0.4) is 0 Å². The second kappa shape index (κ2) is 3.94. The van der Waals surface area contributed by atoms with E-state index in [1.807, 2.05) is 0 Å². The molecule has 1 aliphatic carbocycles. The standard InChI is InChI=1S/C10H16F3NO/c11-10(12,13)8-6-14-7-9(15-8)4-2-1-3-5-9/h8,14H,1-7H2. The lowest BCUT2D eigenvalue weighted by molar-refractivity contribution is -0.267. The van der Waals surface area contributed by atoms with Gasteiger partial charge in [-0.05, 0) is 12.8 Å². The average molecular weight is 223 g/mol. The minimum absolute atomic E-state index is 0.106. The van der Waals surface area contributed by atoms with Gasteiger partial charge in [-0.3, -0.25) is 0 Å². The molecule has 0 aromatic carbocycles. The Labute approximate surface area is 87.2 Å². The van der Waals surface area contributed by atoms with E-state index in [1.165, 1.54) is 0 Å². The van der Waals surface area contributed by atoms with Crippen molar-refractivity contribution in [3.05, 3.63) is 0 Å². The van der Waals surface area contributed by atoms with Crippen molar-refractivity contribution in [1.29, 1.82) is 0 Å². The molecule has 0 amide bonds. The zero-order valence-electron chi connectivity index (χ0n) is 8.57. The fraction of sp³-hybridized carbons (Fsp3) is 1.00. The summed E-state index contributed by atoms with van der Waals surface area (Å²) >= 11 is 0. The predicted octanol–water partition coefficient (Wildman–Crippen LogP) is 2.24. The highest BCUT2D eigenvalue weighted by Gasteiger charge is 2.48. The number of hydrogen-bond acceptors (Lipinski definition) is 2. The molecule has 0 bridgehead atoms. The quantitative estimate of drug-likeness (QED) is 0.680. The van der Waals surface area contributed by atoms with Gasteiger partial charge in [0.15, 0.2) is 6.10 Å². The summed E-state index contributed by atoms with van der Waals surface area (Å²) in [6.45, 7) is 0.463. The molecule has 88 valence electrons. The molecule has 1 aliphatic heterocycles. The van der Waals surface area contributed by atoms with Crippen LogP contribution >= 0.6 is 0 Å². The number of ether oxygens (including phenoxy) is 1. The third-order valence-electron chi connectivity index (χ3n) is 3.30. The van der Waals surface area contributed by atoms with Crippen molar-refractivity contribution < 1.29 is 17.9 Å². The van der Waals surface area contributed by atoms with Crippen LogP contribution in [0.25, 0.3) is 0 Å². The van der Waals surface area contributed by atoms with Crippen LogP contribution in [0.2, 0.25) is 0 Å². The van der Waals surface area contributed by atoms with Gasteiger partial charge in [-0.2, -0.15) is 13.2 Å². The molecule has 1 atom stereocenters. The van der Waals surface area contributed by atoms with Crippen LogP contribution in [0, 0.1) is 0 Å². The molecule has 0 radical (unpaired) electrons. The summed E-state index contributed by atoms with van der Waals surface area (Å²) in [6, 6.07) is 0. The Balaban J connectivity index is 2.02. The van der Waals surface area contributed by atoms with Gasteiger partial charge in [0.2, 0.25) is 0 Å². The van der Waals surface area contributed by atoms with Crippen molar-refractivity contribution >= 4 is 0 Å². The van der Waals surface area contributed by atoms with E-state index in [2.05, 4.69) is 5.32 Å². The monoisotopic (exact) mass is 223 g/mol. The molecule has 0 aromatic heterocycles. The lowest BCUT2D eigenvalue weighted by Crippen LogP contribution is -2.58. The molecule has 2 nitrogen and oxygen atoms in total. The van der Waals surface area contributed by atoms with Gasteiger partial charge < -0.3 is 10.1 Å². The third-order valence-corrected chi connectivity index (χ3v) is 3.30. The minimum atomic E-state index is -4.24. The molecular weight excluding hydrogens is 207 g/mol. The van der Waals surface area contributed by atoms with E-state index >= 15 is 0 Å². The maximum Gasteiger partial charge on any atom is 0.415 e. The van der Waals surface area contributed by atoms with Gasteiger partial charge in [0.25, 0.3) is 0 Å². The van der Waals surface area contributed by atoms with Crippen LogP contribution in [0.1, 0.15) is 32.1 Å². The van der Waals surface area contributed by atoms with E-state index in [0.29, 0.717) is 6.54 Å². The normalized spacial score (nSPS) is 31.8.